The van der Waals surface area contributed by atoms with E-state index in [9.17, 15) is 4.79 Å². The predicted octanol–water partition coefficient (Wildman–Crippen LogP) is 4.90. The van der Waals surface area contributed by atoms with Crippen molar-refractivity contribution in [2.24, 2.45) is 16.9 Å². The Kier molecular flexibility index (Phi) is 7.39. The summed E-state index contributed by atoms with van der Waals surface area (Å²) in [5, 5.41) is 4.35. The van der Waals surface area contributed by atoms with Crippen LogP contribution in [0.3, 0.4) is 0 Å². The number of nitrogens with one attached hydrogen (secondary N) is 1. The Morgan fingerprint density at radius 3 is 2.19 bits per heavy atom. The molecule has 0 bridgehead atoms. The highest BCUT2D eigenvalue weighted by atomic mass is 16.5. The van der Waals surface area contributed by atoms with Gasteiger partial charge < -0.3 is 4.74 Å². The van der Waals surface area contributed by atoms with Gasteiger partial charge in [0, 0.05) is 5.56 Å². The van der Waals surface area contributed by atoms with E-state index in [0.717, 1.165) is 23.4 Å². The van der Waals surface area contributed by atoms with Crippen molar-refractivity contribution < 1.29 is 9.53 Å². The molecule has 2 aromatic rings. The molecular weight excluding hydrogens is 324 g/mol. The van der Waals surface area contributed by atoms with Crippen molar-refractivity contribution in [1.82, 2.24) is 5.43 Å². The number of nitrogens with zero attached hydrogens (tertiary/aromatic N) is 1. The van der Waals surface area contributed by atoms with Gasteiger partial charge in [-0.05, 0) is 48.1 Å². The number of rotatable bonds is 8. The number of amides is 1. The molecule has 1 amide bonds. The van der Waals surface area contributed by atoms with Crippen molar-refractivity contribution in [3.8, 4) is 5.75 Å². The number of hydrogen-bond acceptors (Lipinski definition) is 3. The van der Waals surface area contributed by atoms with E-state index < -0.39 is 0 Å². The van der Waals surface area contributed by atoms with Crippen LogP contribution in [0.1, 0.15) is 50.0 Å². The molecule has 1 N–H and O–H groups in total. The summed E-state index contributed by atoms with van der Waals surface area (Å²) in [6.45, 7) is 9.13. The average molecular weight is 352 g/mol. The first-order valence-corrected chi connectivity index (χ1v) is 9.13. The van der Waals surface area contributed by atoms with Gasteiger partial charge in [-0.3, -0.25) is 4.79 Å². The molecule has 0 fully saturated rings. The Hall–Kier alpha value is -2.62. The van der Waals surface area contributed by atoms with Gasteiger partial charge in [0.1, 0.15) is 5.75 Å². The van der Waals surface area contributed by atoms with Crippen LogP contribution >= 0.6 is 0 Å². The molecule has 0 spiro atoms. The van der Waals surface area contributed by atoms with Crippen LogP contribution in [0.2, 0.25) is 0 Å². The number of hydrazone groups is 1. The maximum absolute atomic E-state index is 12.4. The van der Waals surface area contributed by atoms with Crippen molar-refractivity contribution in [1.29, 1.82) is 0 Å². The third-order valence-corrected chi connectivity index (χ3v) is 3.97. The Morgan fingerprint density at radius 1 is 0.962 bits per heavy atom. The summed E-state index contributed by atoms with van der Waals surface area (Å²) in [5.74, 6) is 1.36. The highest BCUT2D eigenvalue weighted by Crippen LogP contribution is 2.14. The molecule has 0 atom stereocenters. The third-order valence-electron chi connectivity index (χ3n) is 3.97. The minimum absolute atomic E-state index is 0.203. The first-order valence-electron chi connectivity index (χ1n) is 9.13. The zero-order valence-corrected chi connectivity index (χ0v) is 16.0. The van der Waals surface area contributed by atoms with E-state index in [4.69, 9.17) is 4.74 Å². The van der Waals surface area contributed by atoms with E-state index >= 15 is 0 Å². The first kappa shape index (κ1) is 19.7. The van der Waals surface area contributed by atoms with Crippen molar-refractivity contribution >= 4 is 11.6 Å². The van der Waals surface area contributed by atoms with Crippen LogP contribution in [0.5, 0.6) is 5.75 Å². The molecule has 0 unspecified atom stereocenters. The fourth-order valence-electron chi connectivity index (χ4n) is 2.43. The molecule has 0 aliphatic rings. The fourth-order valence-corrected chi connectivity index (χ4v) is 2.43. The number of carbonyl (C=O) groups is 1. The highest BCUT2D eigenvalue weighted by Gasteiger charge is 2.10. The molecule has 0 aliphatic heterocycles. The zero-order valence-electron chi connectivity index (χ0n) is 16.0. The van der Waals surface area contributed by atoms with Crippen molar-refractivity contribution in [2.45, 2.75) is 34.1 Å². The second kappa shape index (κ2) is 9.76. The van der Waals surface area contributed by atoms with Crippen LogP contribution in [-0.2, 0) is 0 Å². The average Bonchev–Trinajstić information content (AvgIpc) is 2.62. The summed E-state index contributed by atoms with van der Waals surface area (Å²) < 4.78 is 5.68. The van der Waals surface area contributed by atoms with Gasteiger partial charge in [-0.25, -0.2) is 5.43 Å². The van der Waals surface area contributed by atoms with Crippen LogP contribution in [0.15, 0.2) is 59.7 Å². The Balaban J connectivity index is 2.00. The summed E-state index contributed by atoms with van der Waals surface area (Å²) in [6, 6.07) is 17.0. The molecule has 2 aromatic carbocycles. The predicted molar refractivity (Wildman–Crippen MR) is 107 cm³/mol. The van der Waals surface area contributed by atoms with Gasteiger partial charge in [0.05, 0.1) is 12.3 Å². The zero-order chi connectivity index (χ0) is 18.9. The van der Waals surface area contributed by atoms with Gasteiger partial charge in [-0.1, -0.05) is 58.0 Å². The summed E-state index contributed by atoms with van der Waals surface area (Å²) in [5.41, 5.74) is 5.09. The van der Waals surface area contributed by atoms with E-state index in [0.29, 0.717) is 18.1 Å². The second-order valence-corrected chi connectivity index (χ2v) is 7.01. The number of benzene rings is 2. The molecule has 0 saturated carbocycles. The molecule has 26 heavy (non-hydrogen) atoms. The molecule has 0 aliphatic carbocycles. The number of ether oxygens (including phenoxy) is 1. The van der Waals surface area contributed by atoms with Gasteiger partial charge >= 0.3 is 0 Å². The molecule has 138 valence electrons. The molecule has 0 saturated heterocycles. The Morgan fingerprint density at radius 2 is 1.62 bits per heavy atom. The summed E-state index contributed by atoms with van der Waals surface area (Å²) in [7, 11) is 0. The van der Waals surface area contributed by atoms with Crippen molar-refractivity contribution in [2.75, 3.05) is 6.61 Å². The molecular formula is C22H28N2O2. The van der Waals surface area contributed by atoms with Crippen LogP contribution in [0.4, 0.5) is 0 Å². The normalized spacial score (nSPS) is 11.7. The van der Waals surface area contributed by atoms with Crippen LogP contribution in [0.25, 0.3) is 0 Å². The maximum atomic E-state index is 12.4. The van der Waals surface area contributed by atoms with E-state index in [1.54, 1.807) is 12.1 Å². The molecule has 0 aromatic heterocycles. The first-order chi connectivity index (χ1) is 12.5. The summed E-state index contributed by atoms with van der Waals surface area (Å²) in [4.78, 5) is 12.4. The van der Waals surface area contributed by atoms with Gasteiger partial charge in [-0.2, -0.15) is 5.10 Å². The van der Waals surface area contributed by atoms with Crippen molar-refractivity contribution in [3.05, 3.63) is 65.7 Å². The lowest BCUT2D eigenvalue weighted by Gasteiger charge is -2.11. The van der Waals surface area contributed by atoms with E-state index in [-0.39, 0.29) is 11.8 Å². The number of hydrogen-bond donors (Lipinski definition) is 1. The molecule has 4 heteroatoms. The summed E-state index contributed by atoms with van der Waals surface area (Å²) >= 11 is 0. The Labute approximate surface area is 156 Å². The SMILES string of the molecule is CC(C)CCOc1ccc(C(=O)N/N=C(/c2ccccc2)C(C)C)cc1. The smallest absolute Gasteiger partial charge is 0.271 e. The Bertz CT molecular complexity index is 720. The van der Waals surface area contributed by atoms with Crippen LogP contribution < -0.4 is 10.2 Å². The molecule has 0 heterocycles. The van der Waals surface area contributed by atoms with E-state index in [2.05, 4.69) is 38.2 Å². The van der Waals surface area contributed by atoms with Gasteiger partial charge in [0.2, 0.25) is 0 Å². The molecule has 4 nitrogen and oxygen atoms in total. The standard InChI is InChI=1S/C22H28N2O2/c1-16(2)14-15-26-20-12-10-19(11-13-20)22(25)24-23-21(17(3)4)18-8-6-5-7-9-18/h5-13,16-17H,14-15H2,1-4H3,(H,24,25)/b23-21+. The minimum Gasteiger partial charge on any atom is -0.494 e. The maximum Gasteiger partial charge on any atom is 0.271 e. The highest BCUT2D eigenvalue weighted by molar-refractivity contribution is 6.03. The van der Waals surface area contributed by atoms with Gasteiger partial charge in [0.15, 0.2) is 0 Å². The number of carbonyl (C=O) groups excluding carboxylic acids is 1. The lowest BCUT2D eigenvalue weighted by molar-refractivity contribution is 0.0954. The second-order valence-electron chi connectivity index (χ2n) is 7.01. The third kappa shape index (κ3) is 6.03. The minimum atomic E-state index is -0.229. The molecule has 0 radical (unpaired) electrons. The van der Waals surface area contributed by atoms with E-state index in [1.165, 1.54) is 0 Å². The van der Waals surface area contributed by atoms with Crippen LogP contribution in [0, 0.1) is 11.8 Å². The van der Waals surface area contributed by atoms with Gasteiger partial charge in [-0.15, -0.1) is 0 Å². The lowest BCUT2D eigenvalue weighted by Crippen LogP contribution is -2.22. The quantitative estimate of drug-likeness (QED) is 0.542. The van der Waals surface area contributed by atoms with Crippen LogP contribution in [-0.4, -0.2) is 18.2 Å². The summed E-state index contributed by atoms with van der Waals surface area (Å²) in [6.07, 6.45) is 1.01. The lowest BCUT2D eigenvalue weighted by atomic mass is 10.0. The monoisotopic (exact) mass is 352 g/mol. The van der Waals surface area contributed by atoms with Crippen molar-refractivity contribution in [3.63, 3.8) is 0 Å². The fraction of sp³-hybridized carbons (Fsp3) is 0.364. The van der Waals surface area contributed by atoms with Gasteiger partial charge in [0.25, 0.3) is 5.91 Å². The topological polar surface area (TPSA) is 50.7 Å². The van der Waals surface area contributed by atoms with E-state index in [1.807, 2.05) is 42.5 Å². The molecule has 2 rings (SSSR count). The largest absolute Gasteiger partial charge is 0.494 e.